The summed E-state index contributed by atoms with van der Waals surface area (Å²) in [5, 5.41) is 6.17. The minimum absolute atomic E-state index is 0.156. The zero-order chi connectivity index (χ0) is 14.9. The van der Waals surface area contributed by atoms with E-state index in [2.05, 4.69) is 10.4 Å². The Morgan fingerprint density at radius 1 is 1.60 bits per heavy atom. The molecule has 0 bridgehead atoms. The minimum atomic E-state index is -0.934. The van der Waals surface area contributed by atoms with Crippen LogP contribution in [0.25, 0.3) is 0 Å². The number of hydrogen-bond donors (Lipinski definition) is 2. The predicted octanol–water partition coefficient (Wildman–Crippen LogP) is -1.32. The van der Waals surface area contributed by atoms with Crippen LogP contribution in [-0.2, 0) is 21.4 Å². The molecule has 1 aliphatic heterocycles. The van der Waals surface area contributed by atoms with Crippen molar-refractivity contribution in [3.8, 4) is 0 Å². The molecule has 3 amide bonds. The fourth-order valence-corrected chi connectivity index (χ4v) is 2.23. The van der Waals surface area contributed by atoms with Crippen LogP contribution in [0, 0.1) is 0 Å². The van der Waals surface area contributed by atoms with Gasteiger partial charge in [-0.3, -0.25) is 24.4 Å². The van der Waals surface area contributed by atoms with E-state index in [4.69, 9.17) is 5.73 Å². The first-order valence-corrected chi connectivity index (χ1v) is 6.32. The molecule has 20 heavy (non-hydrogen) atoms. The largest absolute Gasteiger partial charge is 0.320 e. The molecule has 3 N–H and O–H groups in total. The summed E-state index contributed by atoms with van der Waals surface area (Å²) in [4.78, 5) is 36.8. The van der Waals surface area contributed by atoms with Gasteiger partial charge in [-0.2, -0.15) is 5.10 Å². The van der Waals surface area contributed by atoms with Crippen molar-refractivity contribution in [2.24, 2.45) is 12.8 Å². The summed E-state index contributed by atoms with van der Waals surface area (Å²) < 4.78 is 1.54. The first-order chi connectivity index (χ1) is 9.43. The number of aryl methyl sites for hydroxylation is 1. The molecular formula is C12H17N5O3. The number of piperazine rings is 1. The Bertz CT molecular complexity index is 553. The topological polar surface area (TPSA) is 110 Å². The zero-order valence-corrected chi connectivity index (χ0v) is 11.4. The lowest BCUT2D eigenvalue weighted by Crippen LogP contribution is -2.60. The van der Waals surface area contributed by atoms with E-state index in [0.717, 1.165) is 0 Å². The van der Waals surface area contributed by atoms with Gasteiger partial charge in [0.25, 0.3) is 0 Å². The van der Waals surface area contributed by atoms with E-state index in [1.54, 1.807) is 20.2 Å². The van der Waals surface area contributed by atoms with Crippen molar-refractivity contribution in [2.75, 3.05) is 6.54 Å². The highest BCUT2D eigenvalue weighted by molar-refractivity contribution is 6.04. The second-order valence-electron chi connectivity index (χ2n) is 4.73. The van der Waals surface area contributed by atoms with Gasteiger partial charge in [0.1, 0.15) is 18.6 Å². The van der Waals surface area contributed by atoms with Crippen LogP contribution in [0.4, 0.5) is 0 Å². The van der Waals surface area contributed by atoms with Gasteiger partial charge in [-0.25, -0.2) is 0 Å². The molecule has 0 radical (unpaired) electrons. The fourth-order valence-electron chi connectivity index (χ4n) is 2.23. The molecule has 8 nitrogen and oxygen atoms in total. The van der Waals surface area contributed by atoms with Crippen molar-refractivity contribution >= 4 is 17.7 Å². The quantitative estimate of drug-likeness (QED) is 0.667. The van der Waals surface area contributed by atoms with Gasteiger partial charge < -0.3 is 10.6 Å². The molecule has 1 aromatic rings. The normalized spacial score (nSPS) is 20.8. The smallest absolute Gasteiger partial charge is 0.249 e. The van der Waals surface area contributed by atoms with Gasteiger partial charge in [0.15, 0.2) is 0 Å². The highest BCUT2D eigenvalue weighted by Gasteiger charge is 2.37. The van der Waals surface area contributed by atoms with E-state index < -0.39 is 29.8 Å². The van der Waals surface area contributed by atoms with Gasteiger partial charge in [-0.15, -0.1) is 0 Å². The molecule has 2 unspecified atom stereocenters. The maximum atomic E-state index is 12.4. The van der Waals surface area contributed by atoms with Crippen molar-refractivity contribution in [3.63, 3.8) is 0 Å². The maximum absolute atomic E-state index is 12.4. The molecule has 1 fully saturated rings. The average Bonchev–Trinajstić information content (AvgIpc) is 2.83. The van der Waals surface area contributed by atoms with Crippen molar-refractivity contribution in [1.82, 2.24) is 20.0 Å². The number of nitrogens with two attached hydrogens (primary N) is 1. The van der Waals surface area contributed by atoms with E-state index in [-0.39, 0.29) is 6.54 Å². The monoisotopic (exact) mass is 279 g/mol. The van der Waals surface area contributed by atoms with Gasteiger partial charge in [0, 0.05) is 18.8 Å². The number of rotatable bonds is 3. The molecule has 1 aromatic heterocycles. The van der Waals surface area contributed by atoms with Crippen molar-refractivity contribution in [1.29, 1.82) is 0 Å². The number of nitrogens with zero attached hydrogens (tertiary/aromatic N) is 3. The van der Waals surface area contributed by atoms with Crippen LogP contribution < -0.4 is 11.1 Å². The van der Waals surface area contributed by atoms with Crippen molar-refractivity contribution < 1.29 is 14.4 Å². The standard InChI is InChI=1S/C12H17N5O3/c1-3-8-11(19)15-9(18)6-17(8)12(20)10(13)7-4-14-16(2)5-7/h4-5,8,10H,3,6,13H2,1-2H3,(H,15,18,19). The Balaban J connectivity index is 2.21. The Kier molecular flexibility index (Phi) is 3.84. The average molecular weight is 279 g/mol. The number of imide groups is 1. The summed E-state index contributed by atoms with van der Waals surface area (Å²) in [6, 6.07) is -1.60. The SMILES string of the molecule is CCC1C(=O)NC(=O)CN1C(=O)C(N)c1cnn(C)c1. The van der Waals surface area contributed by atoms with E-state index >= 15 is 0 Å². The molecule has 0 aromatic carbocycles. The summed E-state index contributed by atoms with van der Waals surface area (Å²) in [6.07, 6.45) is 3.55. The van der Waals surface area contributed by atoms with Gasteiger partial charge in [-0.05, 0) is 6.42 Å². The Labute approximate surface area is 115 Å². The number of carbonyl (C=O) groups is 3. The van der Waals surface area contributed by atoms with Crippen LogP contribution >= 0.6 is 0 Å². The number of carbonyl (C=O) groups excluding carboxylic acids is 3. The second kappa shape index (κ2) is 5.41. The number of nitrogens with one attached hydrogen (secondary N) is 1. The number of amides is 3. The number of hydrogen-bond acceptors (Lipinski definition) is 5. The van der Waals surface area contributed by atoms with Crippen LogP contribution in [0.2, 0.25) is 0 Å². The van der Waals surface area contributed by atoms with E-state index in [9.17, 15) is 14.4 Å². The Hall–Kier alpha value is -2.22. The van der Waals surface area contributed by atoms with Crippen molar-refractivity contribution in [2.45, 2.75) is 25.4 Å². The van der Waals surface area contributed by atoms with E-state index in [0.29, 0.717) is 12.0 Å². The third-order valence-corrected chi connectivity index (χ3v) is 3.28. The molecule has 8 heteroatoms. The summed E-state index contributed by atoms with van der Waals surface area (Å²) in [5.74, 6) is -1.41. The highest BCUT2D eigenvalue weighted by Crippen LogP contribution is 2.17. The minimum Gasteiger partial charge on any atom is -0.320 e. The van der Waals surface area contributed by atoms with Gasteiger partial charge >= 0.3 is 0 Å². The van der Waals surface area contributed by atoms with Crippen LogP contribution in [0.1, 0.15) is 24.9 Å². The summed E-state index contributed by atoms with van der Waals surface area (Å²) in [5.41, 5.74) is 6.45. The molecule has 108 valence electrons. The van der Waals surface area contributed by atoms with Crippen LogP contribution in [0.15, 0.2) is 12.4 Å². The molecule has 1 aliphatic rings. The fraction of sp³-hybridized carbons (Fsp3) is 0.500. The molecule has 0 spiro atoms. The molecule has 0 aliphatic carbocycles. The van der Waals surface area contributed by atoms with Gasteiger partial charge in [-0.1, -0.05) is 6.92 Å². The lowest BCUT2D eigenvalue weighted by atomic mass is 10.1. The third-order valence-electron chi connectivity index (χ3n) is 3.28. The molecule has 1 saturated heterocycles. The van der Waals surface area contributed by atoms with E-state index in [1.165, 1.54) is 15.8 Å². The molecule has 0 saturated carbocycles. The Morgan fingerprint density at radius 3 is 2.85 bits per heavy atom. The van der Waals surface area contributed by atoms with Crippen LogP contribution in [-0.4, -0.2) is 45.0 Å². The first-order valence-electron chi connectivity index (χ1n) is 6.32. The third kappa shape index (κ3) is 2.55. The van der Waals surface area contributed by atoms with E-state index in [1.807, 2.05) is 0 Å². The summed E-state index contributed by atoms with van der Waals surface area (Å²) in [7, 11) is 1.72. The molecular weight excluding hydrogens is 262 g/mol. The molecule has 2 heterocycles. The lowest BCUT2D eigenvalue weighted by molar-refractivity contribution is -0.150. The number of aromatic nitrogens is 2. The molecule has 2 rings (SSSR count). The summed E-state index contributed by atoms with van der Waals surface area (Å²) >= 11 is 0. The van der Waals surface area contributed by atoms with Gasteiger partial charge in [0.05, 0.1) is 6.20 Å². The first kappa shape index (κ1) is 14.2. The second-order valence-corrected chi connectivity index (χ2v) is 4.73. The lowest BCUT2D eigenvalue weighted by Gasteiger charge is -2.34. The zero-order valence-electron chi connectivity index (χ0n) is 11.4. The highest BCUT2D eigenvalue weighted by atomic mass is 16.2. The molecule has 2 atom stereocenters. The van der Waals surface area contributed by atoms with Gasteiger partial charge in [0.2, 0.25) is 17.7 Å². The van der Waals surface area contributed by atoms with Crippen molar-refractivity contribution in [3.05, 3.63) is 18.0 Å². The van der Waals surface area contributed by atoms with Crippen LogP contribution in [0.3, 0.4) is 0 Å². The van der Waals surface area contributed by atoms with Crippen LogP contribution in [0.5, 0.6) is 0 Å². The predicted molar refractivity (Wildman–Crippen MR) is 69.1 cm³/mol. The Morgan fingerprint density at radius 2 is 2.30 bits per heavy atom. The maximum Gasteiger partial charge on any atom is 0.249 e. The summed E-state index contributed by atoms with van der Waals surface area (Å²) in [6.45, 7) is 1.62.